The van der Waals surface area contributed by atoms with Gasteiger partial charge in [-0.3, -0.25) is 14.7 Å². The average Bonchev–Trinajstić information content (AvgIpc) is 2.76. The summed E-state index contributed by atoms with van der Waals surface area (Å²) in [6.07, 6.45) is 0. The molecule has 6 nitrogen and oxygen atoms in total. The van der Waals surface area contributed by atoms with Gasteiger partial charge >= 0.3 is 0 Å². The van der Waals surface area contributed by atoms with E-state index in [1.54, 1.807) is 19.1 Å². The third-order valence-electron chi connectivity index (χ3n) is 3.08. The summed E-state index contributed by atoms with van der Waals surface area (Å²) in [5.41, 5.74) is 3.69. The molecule has 0 atom stereocenters. The van der Waals surface area contributed by atoms with Crippen molar-refractivity contribution in [2.75, 3.05) is 11.9 Å². The molecule has 1 aromatic heterocycles. The number of hydrogen-bond acceptors (Lipinski definition) is 3. The van der Waals surface area contributed by atoms with Crippen LogP contribution in [0.1, 0.15) is 27.3 Å². The summed E-state index contributed by atoms with van der Waals surface area (Å²) in [4.78, 5) is 23.8. The van der Waals surface area contributed by atoms with E-state index in [0.29, 0.717) is 16.9 Å². The highest BCUT2D eigenvalue weighted by Crippen LogP contribution is 2.15. The van der Waals surface area contributed by atoms with Gasteiger partial charge in [0, 0.05) is 5.56 Å². The van der Waals surface area contributed by atoms with Crippen molar-refractivity contribution in [3.8, 4) is 0 Å². The molecule has 2 aromatic rings. The van der Waals surface area contributed by atoms with Gasteiger partial charge in [-0.1, -0.05) is 17.7 Å². The maximum atomic E-state index is 11.9. The topological polar surface area (TPSA) is 86.9 Å². The highest BCUT2D eigenvalue weighted by Gasteiger charge is 2.12. The van der Waals surface area contributed by atoms with E-state index in [1.807, 2.05) is 26.0 Å². The normalized spacial score (nSPS) is 10.2. The van der Waals surface area contributed by atoms with Crippen LogP contribution in [0.15, 0.2) is 24.3 Å². The summed E-state index contributed by atoms with van der Waals surface area (Å²) < 4.78 is 0. The average molecular weight is 286 g/mol. The highest BCUT2D eigenvalue weighted by atomic mass is 16.2. The molecule has 0 saturated carbocycles. The summed E-state index contributed by atoms with van der Waals surface area (Å²) >= 11 is 0. The number of carbonyl (C=O) groups excluding carboxylic acids is 2. The predicted molar refractivity (Wildman–Crippen MR) is 80.2 cm³/mol. The van der Waals surface area contributed by atoms with Crippen LogP contribution in [-0.4, -0.2) is 28.6 Å². The van der Waals surface area contributed by atoms with E-state index in [-0.39, 0.29) is 18.4 Å². The maximum Gasteiger partial charge on any atom is 0.251 e. The molecule has 0 fully saturated rings. The Morgan fingerprint density at radius 3 is 2.62 bits per heavy atom. The molecule has 0 bridgehead atoms. The zero-order valence-corrected chi connectivity index (χ0v) is 12.3. The fourth-order valence-electron chi connectivity index (χ4n) is 1.97. The summed E-state index contributed by atoms with van der Waals surface area (Å²) in [6, 6.07) is 7.21. The molecule has 2 amide bonds. The van der Waals surface area contributed by atoms with Crippen LogP contribution >= 0.6 is 0 Å². The molecule has 0 saturated heterocycles. The number of nitrogens with zero attached hydrogens (tertiary/aromatic N) is 1. The molecule has 2 rings (SSSR count). The number of nitrogens with one attached hydrogen (secondary N) is 3. The fraction of sp³-hybridized carbons (Fsp3) is 0.267. The molecule has 21 heavy (non-hydrogen) atoms. The maximum absolute atomic E-state index is 11.9. The minimum atomic E-state index is -0.288. The molecule has 110 valence electrons. The largest absolute Gasteiger partial charge is 0.343 e. The molecule has 0 unspecified atom stereocenters. The smallest absolute Gasteiger partial charge is 0.251 e. The Morgan fingerprint density at radius 1 is 1.24 bits per heavy atom. The summed E-state index contributed by atoms with van der Waals surface area (Å²) in [5, 5.41) is 12.1. The molecule has 3 N–H and O–H groups in total. The van der Waals surface area contributed by atoms with Crippen LogP contribution in [0.3, 0.4) is 0 Å². The Bertz CT molecular complexity index is 657. The van der Waals surface area contributed by atoms with Crippen molar-refractivity contribution < 1.29 is 9.59 Å². The second kappa shape index (κ2) is 6.21. The molecular weight excluding hydrogens is 268 g/mol. The molecule has 6 heteroatoms. The monoisotopic (exact) mass is 286 g/mol. The van der Waals surface area contributed by atoms with Gasteiger partial charge < -0.3 is 10.6 Å². The number of aromatic nitrogens is 2. The van der Waals surface area contributed by atoms with E-state index in [9.17, 15) is 9.59 Å². The minimum Gasteiger partial charge on any atom is -0.343 e. The number of aryl methyl sites for hydroxylation is 3. The van der Waals surface area contributed by atoms with Gasteiger partial charge in [0.05, 0.1) is 23.6 Å². The number of carbonyl (C=O) groups is 2. The number of rotatable bonds is 4. The number of benzene rings is 1. The zero-order valence-electron chi connectivity index (χ0n) is 12.3. The van der Waals surface area contributed by atoms with Gasteiger partial charge in [-0.05, 0) is 32.9 Å². The zero-order chi connectivity index (χ0) is 15.4. The molecular formula is C15H18N4O2. The van der Waals surface area contributed by atoms with Crippen molar-refractivity contribution in [1.29, 1.82) is 0 Å². The molecule has 1 heterocycles. The first-order valence-electron chi connectivity index (χ1n) is 6.63. The van der Waals surface area contributed by atoms with Gasteiger partial charge in [0.15, 0.2) is 0 Å². The van der Waals surface area contributed by atoms with Crippen LogP contribution < -0.4 is 10.6 Å². The van der Waals surface area contributed by atoms with Gasteiger partial charge in [0.2, 0.25) is 5.91 Å². The summed E-state index contributed by atoms with van der Waals surface area (Å²) in [6.45, 7) is 5.44. The van der Waals surface area contributed by atoms with Gasteiger partial charge in [0.25, 0.3) is 5.91 Å². The quantitative estimate of drug-likeness (QED) is 0.799. The lowest BCUT2D eigenvalue weighted by atomic mass is 10.1. The molecule has 0 aliphatic heterocycles. The summed E-state index contributed by atoms with van der Waals surface area (Å²) in [7, 11) is 0. The van der Waals surface area contributed by atoms with Crippen molar-refractivity contribution in [3.63, 3.8) is 0 Å². The molecule has 0 spiro atoms. The van der Waals surface area contributed by atoms with Crippen molar-refractivity contribution in [2.45, 2.75) is 20.8 Å². The van der Waals surface area contributed by atoms with Gasteiger partial charge in [-0.2, -0.15) is 5.10 Å². The standard InChI is InChI=1S/C15H18N4O2/c1-9-5-4-6-12(7-9)15(21)16-8-13(20)17-14-10(2)18-19-11(14)3/h4-7H,8H2,1-3H3,(H,16,21)(H,17,20)(H,18,19). The van der Waals surface area contributed by atoms with Crippen molar-refractivity contribution in [3.05, 3.63) is 46.8 Å². The third-order valence-corrected chi connectivity index (χ3v) is 3.08. The first-order chi connectivity index (χ1) is 9.97. The van der Waals surface area contributed by atoms with Crippen LogP contribution in [0.2, 0.25) is 0 Å². The highest BCUT2D eigenvalue weighted by molar-refractivity contribution is 5.99. The van der Waals surface area contributed by atoms with E-state index in [4.69, 9.17) is 0 Å². The summed E-state index contributed by atoms with van der Waals surface area (Å²) in [5.74, 6) is -0.557. The first kappa shape index (κ1) is 14.8. The third kappa shape index (κ3) is 3.68. The Morgan fingerprint density at radius 2 is 2.00 bits per heavy atom. The number of anilines is 1. The van der Waals surface area contributed by atoms with Gasteiger partial charge in [0.1, 0.15) is 0 Å². The molecule has 0 radical (unpaired) electrons. The first-order valence-corrected chi connectivity index (χ1v) is 6.63. The molecule has 0 aliphatic rings. The SMILES string of the molecule is Cc1cccc(C(=O)NCC(=O)Nc2c(C)n[nH]c2C)c1. The van der Waals surface area contributed by atoms with E-state index in [2.05, 4.69) is 20.8 Å². The van der Waals surface area contributed by atoms with E-state index < -0.39 is 0 Å². The van der Waals surface area contributed by atoms with Crippen LogP contribution in [-0.2, 0) is 4.79 Å². The van der Waals surface area contributed by atoms with E-state index >= 15 is 0 Å². The Kier molecular flexibility index (Phi) is 4.37. The lowest BCUT2D eigenvalue weighted by Gasteiger charge is -2.07. The van der Waals surface area contributed by atoms with Gasteiger partial charge in [-0.15, -0.1) is 0 Å². The second-order valence-corrected chi connectivity index (χ2v) is 4.91. The Labute approximate surface area is 122 Å². The number of hydrogen-bond donors (Lipinski definition) is 3. The Hall–Kier alpha value is -2.63. The lowest BCUT2D eigenvalue weighted by molar-refractivity contribution is -0.115. The predicted octanol–water partition coefficient (Wildman–Crippen LogP) is 1.70. The van der Waals surface area contributed by atoms with E-state index in [1.165, 1.54) is 0 Å². The van der Waals surface area contributed by atoms with Crippen LogP contribution in [0, 0.1) is 20.8 Å². The Balaban J connectivity index is 1.91. The van der Waals surface area contributed by atoms with Crippen molar-refractivity contribution in [2.24, 2.45) is 0 Å². The fourth-order valence-corrected chi connectivity index (χ4v) is 1.97. The van der Waals surface area contributed by atoms with Crippen LogP contribution in [0.4, 0.5) is 5.69 Å². The number of aromatic amines is 1. The van der Waals surface area contributed by atoms with Crippen LogP contribution in [0.5, 0.6) is 0 Å². The lowest BCUT2D eigenvalue weighted by Crippen LogP contribution is -2.33. The number of amides is 2. The molecule has 0 aliphatic carbocycles. The van der Waals surface area contributed by atoms with E-state index in [0.717, 1.165) is 11.3 Å². The molecule has 1 aromatic carbocycles. The number of H-pyrrole nitrogens is 1. The van der Waals surface area contributed by atoms with Crippen molar-refractivity contribution in [1.82, 2.24) is 15.5 Å². The minimum absolute atomic E-state index is 0.0865. The second-order valence-electron chi connectivity index (χ2n) is 4.91. The van der Waals surface area contributed by atoms with Crippen LogP contribution in [0.25, 0.3) is 0 Å². The van der Waals surface area contributed by atoms with Gasteiger partial charge in [-0.25, -0.2) is 0 Å². The van der Waals surface area contributed by atoms with Crippen molar-refractivity contribution >= 4 is 17.5 Å².